The number of nitrogens with zero attached hydrogens (tertiary/aromatic N) is 4. The molecule has 0 aromatic carbocycles. The lowest BCUT2D eigenvalue weighted by Crippen LogP contribution is -2.34. The lowest BCUT2D eigenvalue weighted by atomic mass is 10.0. The molecule has 2 aromatic heterocycles. The number of hydrogen-bond donors (Lipinski definition) is 2. The standard InChI is InChI=1S/C22H30FN5O3.C10H20O2/c1-3-5-6-7-8-9-10-11-17(29)30-14-22(4-2)13-12-16(31-22)28-15-25-18-19(24)26-21(23)27-20(18)28;1-2-3-4-5-6-7-8-9-10(11)12/h2,15-16H,3,5-14H2,1H3,(H2,24,26,27);2-9H2,1H3,(H,11,12). The second-order valence-corrected chi connectivity index (χ2v) is 11.2. The molecule has 0 saturated carbocycles. The van der Waals surface area contributed by atoms with Gasteiger partial charge in [0.05, 0.1) is 6.33 Å². The van der Waals surface area contributed by atoms with Gasteiger partial charge in [-0.05, 0) is 25.7 Å². The topological polar surface area (TPSA) is 142 Å². The summed E-state index contributed by atoms with van der Waals surface area (Å²) in [5.41, 5.74) is 5.21. The summed E-state index contributed by atoms with van der Waals surface area (Å²) in [6, 6.07) is 0. The van der Waals surface area contributed by atoms with Gasteiger partial charge >= 0.3 is 18.0 Å². The first-order valence-electron chi connectivity index (χ1n) is 15.9. The van der Waals surface area contributed by atoms with Gasteiger partial charge in [0, 0.05) is 12.8 Å². The lowest BCUT2D eigenvalue weighted by molar-refractivity contribution is -0.152. The highest BCUT2D eigenvalue weighted by Gasteiger charge is 2.41. The van der Waals surface area contributed by atoms with Crippen LogP contribution in [0.4, 0.5) is 10.2 Å². The minimum absolute atomic E-state index is 0.0204. The molecule has 43 heavy (non-hydrogen) atoms. The number of rotatable bonds is 19. The van der Waals surface area contributed by atoms with Crippen molar-refractivity contribution in [1.82, 2.24) is 19.5 Å². The van der Waals surface area contributed by atoms with E-state index in [-0.39, 0.29) is 24.0 Å². The molecule has 2 aromatic rings. The van der Waals surface area contributed by atoms with Crippen LogP contribution in [0.3, 0.4) is 0 Å². The molecule has 1 aliphatic heterocycles. The summed E-state index contributed by atoms with van der Waals surface area (Å²) in [5, 5.41) is 8.35. The molecule has 3 rings (SSSR count). The first-order valence-corrected chi connectivity index (χ1v) is 15.9. The molecule has 3 heterocycles. The van der Waals surface area contributed by atoms with Crippen molar-refractivity contribution in [3.8, 4) is 12.3 Å². The number of esters is 1. The van der Waals surface area contributed by atoms with Crippen LogP contribution in [-0.4, -0.2) is 48.8 Å². The van der Waals surface area contributed by atoms with Crippen LogP contribution >= 0.6 is 0 Å². The first-order chi connectivity index (χ1) is 20.7. The maximum atomic E-state index is 13.6. The van der Waals surface area contributed by atoms with Crippen molar-refractivity contribution in [2.75, 3.05) is 12.3 Å². The van der Waals surface area contributed by atoms with Crippen LogP contribution in [0, 0.1) is 18.4 Å². The monoisotopic (exact) mass is 603 g/mol. The lowest BCUT2D eigenvalue weighted by Gasteiger charge is -2.23. The third-order valence-corrected chi connectivity index (χ3v) is 7.60. The maximum Gasteiger partial charge on any atom is 0.312 e. The molecule has 3 N–H and O–H groups in total. The zero-order valence-electron chi connectivity index (χ0n) is 26.0. The Morgan fingerprint density at radius 1 is 1.05 bits per heavy atom. The number of imidazole rings is 1. The largest absolute Gasteiger partial charge is 0.481 e. The molecule has 240 valence electrons. The minimum atomic E-state index is -1.03. The van der Waals surface area contributed by atoms with Gasteiger partial charge in [-0.3, -0.25) is 14.2 Å². The highest BCUT2D eigenvalue weighted by atomic mass is 19.1. The van der Waals surface area contributed by atoms with Gasteiger partial charge in [0.2, 0.25) is 0 Å². The normalized spacial score (nSPS) is 17.8. The highest BCUT2D eigenvalue weighted by Crippen LogP contribution is 2.38. The fourth-order valence-electron chi connectivity index (χ4n) is 5.04. The number of terminal acetylenes is 1. The molecule has 11 heteroatoms. The number of halogens is 1. The van der Waals surface area contributed by atoms with Gasteiger partial charge < -0.3 is 20.3 Å². The van der Waals surface area contributed by atoms with Crippen molar-refractivity contribution in [1.29, 1.82) is 0 Å². The van der Waals surface area contributed by atoms with E-state index in [1.165, 1.54) is 64.1 Å². The molecule has 0 amide bonds. The molecule has 1 aliphatic rings. The second-order valence-electron chi connectivity index (χ2n) is 11.2. The summed E-state index contributed by atoms with van der Waals surface area (Å²) < 4.78 is 26.6. The van der Waals surface area contributed by atoms with E-state index in [1.807, 2.05) is 0 Å². The summed E-state index contributed by atoms with van der Waals surface area (Å²) in [6.45, 7) is 4.37. The summed E-state index contributed by atoms with van der Waals surface area (Å²) in [5.74, 6) is 1.65. The Labute approximate surface area is 255 Å². The molecular weight excluding hydrogens is 553 g/mol. The average molecular weight is 604 g/mol. The van der Waals surface area contributed by atoms with Crippen molar-refractivity contribution in [2.45, 2.75) is 141 Å². The Kier molecular flexibility index (Phi) is 16.6. The van der Waals surface area contributed by atoms with Gasteiger partial charge in [-0.15, -0.1) is 6.42 Å². The fourth-order valence-corrected chi connectivity index (χ4v) is 5.04. The van der Waals surface area contributed by atoms with Crippen LogP contribution in [-0.2, 0) is 19.1 Å². The Morgan fingerprint density at radius 3 is 2.21 bits per heavy atom. The third kappa shape index (κ3) is 12.9. The zero-order valence-corrected chi connectivity index (χ0v) is 26.0. The van der Waals surface area contributed by atoms with E-state index in [0.29, 0.717) is 31.2 Å². The Bertz CT molecular complexity index is 1170. The molecule has 2 unspecified atom stereocenters. The Balaban J connectivity index is 0.000000455. The van der Waals surface area contributed by atoms with Crippen molar-refractivity contribution in [2.24, 2.45) is 0 Å². The number of aliphatic carboxylic acids is 1. The number of ether oxygens (including phenoxy) is 2. The summed E-state index contributed by atoms with van der Waals surface area (Å²) in [6.07, 6.45) is 23.7. The van der Waals surface area contributed by atoms with Gasteiger partial charge in [0.15, 0.2) is 22.6 Å². The molecule has 2 atom stereocenters. The van der Waals surface area contributed by atoms with Crippen LogP contribution in [0.15, 0.2) is 6.33 Å². The molecule has 1 fully saturated rings. The van der Waals surface area contributed by atoms with E-state index in [2.05, 4.69) is 34.7 Å². The third-order valence-electron chi connectivity index (χ3n) is 7.60. The van der Waals surface area contributed by atoms with Gasteiger partial charge in [0.1, 0.15) is 12.8 Å². The fraction of sp³-hybridized carbons (Fsp3) is 0.719. The molecule has 1 saturated heterocycles. The van der Waals surface area contributed by atoms with E-state index < -0.39 is 23.9 Å². The molecule has 0 bridgehead atoms. The van der Waals surface area contributed by atoms with Crippen LogP contribution in [0.2, 0.25) is 0 Å². The maximum absolute atomic E-state index is 13.6. The Hall–Kier alpha value is -3.26. The summed E-state index contributed by atoms with van der Waals surface area (Å²) >= 11 is 0. The van der Waals surface area contributed by atoms with Crippen LogP contribution in [0.5, 0.6) is 0 Å². The molecule has 0 radical (unpaired) electrons. The van der Waals surface area contributed by atoms with Crippen molar-refractivity contribution in [3.05, 3.63) is 12.4 Å². The SMILES string of the molecule is C#CC1(COC(=O)CCCCCCCCC)CCC(n2cnc3c(N)nc(F)nc32)O1.CCCCCCCCCC(=O)O. The van der Waals surface area contributed by atoms with E-state index in [4.69, 9.17) is 26.7 Å². The highest BCUT2D eigenvalue weighted by molar-refractivity contribution is 5.81. The van der Waals surface area contributed by atoms with Gasteiger partial charge in [-0.2, -0.15) is 14.4 Å². The predicted molar refractivity (Wildman–Crippen MR) is 164 cm³/mol. The van der Waals surface area contributed by atoms with Gasteiger partial charge in [-0.1, -0.05) is 96.8 Å². The number of hydrogen-bond acceptors (Lipinski definition) is 8. The van der Waals surface area contributed by atoms with Crippen molar-refractivity contribution >= 4 is 28.9 Å². The van der Waals surface area contributed by atoms with E-state index in [1.54, 1.807) is 4.57 Å². The van der Waals surface area contributed by atoms with Crippen molar-refractivity contribution in [3.63, 3.8) is 0 Å². The summed E-state index contributed by atoms with van der Waals surface area (Å²) in [4.78, 5) is 33.7. The smallest absolute Gasteiger partial charge is 0.312 e. The zero-order chi connectivity index (χ0) is 31.5. The number of carboxylic acids is 1. The predicted octanol–water partition coefficient (Wildman–Crippen LogP) is 7.12. The number of carbonyl (C=O) groups excluding carboxylic acids is 1. The number of aromatic nitrogens is 4. The summed E-state index contributed by atoms with van der Waals surface area (Å²) in [7, 11) is 0. The number of carboxylic acid groups (broad SMARTS) is 1. The number of carbonyl (C=O) groups is 2. The number of unbranched alkanes of at least 4 members (excludes halogenated alkanes) is 12. The second kappa shape index (κ2) is 19.8. The van der Waals surface area contributed by atoms with Crippen molar-refractivity contribution < 1.29 is 28.6 Å². The number of anilines is 1. The van der Waals surface area contributed by atoms with E-state index >= 15 is 0 Å². The molecular formula is C32H50FN5O5. The molecule has 0 aliphatic carbocycles. The molecule has 10 nitrogen and oxygen atoms in total. The van der Waals surface area contributed by atoms with Crippen LogP contribution in [0.1, 0.15) is 136 Å². The molecule has 0 spiro atoms. The van der Waals surface area contributed by atoms with E-state index in [0.717, 1.165) is 32.1 Å². The minimum Gasteiger partial charge on any atom is -0.481 e. The Morgan fingerprint density at radius 2 is 1.63 bits per heavy atom. The number of nitrogen functional groups attached to an aromatic ring is 1. The van der Waals surface area contributed by atoms with E-state index in [9.17, 15) is 14.0 Å². The first kappa shape index (κ1) is 35.9. The number of nitrogens with two attached hydrogens (primary N) is 1. The van der Waals surface area contributed by atoms with Gasteiger partial charge in [-0.25, -0.2) is 4.98 Å². The van der Waals surface area contributed by atoms with Crippen LogP contribution in [0.25, 0.3) is 11.2 Å². The van der Waals surface area contributed by atoms with Gasteiger partial charge in [0.25, 0.3) is 0 Å². The van der Waals surface area contributed by atoms with Crippen LogP contribution < -0.4 is 5.73 Å². The average Bonchev–Trinajstić information content (AvgIpc) is 3.60. The quantitative estimate of drug-likeness (QED) is 0.0742. The number of fused-ring (bicyclic) bond motifs is 1.